The van der Waals surface area contributed by atoms with Gasteiger partial charge >= 0.3 is 5.97 Å². The van der Waals surface area contributed by atoms with Crippen LogP contribution in [0.25, 0.3) is 0 Å². The Morgan fingerprint density at radius 2 is 1.54 bits per heavy atom. The molecule has 0 fully saturated rings. The van der Waals surface area contributed by atoms with Gasteiger partial charge in [-0.15, -0.1) is 0 Å². The van der Waals surface area contributed by atoms with Crippen molar-refractivity contribution in [1.82, 2.24) is 10.2 Å². The van der Waals surface area contributed by atoms with Crippen molar-refractivity contribution in [1.29, 1.82) is 0 Å². The molecule has 3 rings (SSSR count). The molecule has 0 radical (unpaired) electrons. The lowest BCUT2D eigenvalue weighted by Gasteiger charge is -2.33. The third-order valence-electron chi connectivity index (χ3n) is 6.21. The van der Waals surface area contributed by atoms with Crippen LogP contribution in [0.1, 0.15) is 35.3 Å². The fraction of sp³-hybridized carbons (Fsp3) is 0.423. The molecule has 2 amide bonds. The van der Waals surface area contributed by atoms with Crippen LogP contribution in [0.15, 0.2) is 36.4 Å². The Morgan fingerprint density at radius 1 is 1.00 bits per heavy atom. The summed E-state index contributed by atoms with van der Waals surface area (Å²) in [5.41, 5.74) is 2.42. The zero-order valence-electron chi connectivity index (χ0n) is 20.7. The minimum atomic E-state index is -1.10. The van der Waals surface area contributed by atoms with Gasteiger partial charge in [0.1, 0.15) is 12.6 Å². The van der Waals surface area contributed by atoms with Crippen LogP contribution in [-0.2, 0) is 22.4 Å². The summed E-state index contributed by atoms with van der Waals surface area (Å²) in [5.74, 6) is -1.37. The summed E-state index contributed by atoms with van der Waals surface area (Å²) >= 11 is 0. The minimum Gasteiger partial charge on any atom is -0.493 e. The highest BCUT2D eigenvalue weighted by molar-refractivity contribution is 5.99. The highest BCUT2D eigenvalue weighted by Crippen LogP contribution is 2.38. The maximum absolute atomic E-state index is 13.7. The summed E-state index contributed by atoms with van der Waals surface area (Å²) in [6, 6.07) is 9.62. The molecule has 0 aromatic heterocycles. The Balaban J connectivity index is 1.87. The summed E-state index contributed by atoms with van der Waals surface area (Å²) < 4.78 is 16.0. The quantitative estimate of drug-likeness (QED) is 0.533. The van der Waals surface area contributed by atoms with Gasteiger partial charge in [0.2, 0.25) is 11.7 Å². The van der Waals surface area contributed by atoms with Gasteiger partial charge < -0.3 is 29.5 Å². The standard InChI is InChI=1S/C26H32N2O7/c1-15(2)23(27-25(31)18-12-20(33-3)24(35-5)21(13-18)34-4)26(32)28(14-22(29)30)19-10-16-8-6-7-9-17(16)11-19/h6-9,12-13,15,19,23H,10-11,14H2,1-5H3,(H,27,31)(H,29,30)/t23-/m0/s1. The van der Waals surface area contributed by atoms with Crippen LogP contribution in [0.4, 0.5) is 0 Å². The normalized spacial score (nSPS) is 13.7. The molecule has 2 N–H and O–H groups in total. The summed E-state index contributed by atoms with van der Waals surface area (Å²) in [5, 5.41) is 12.3. The summed E-state index contributed by atoms with van der Waals surface area (Å²) in [4.78, 5) is 39.9. The second kappa shape index (κ2) is 11.1. The number of hydrogen-bond donors (Lipinski definition) is 2. The molecule has 0 heterocycles. The number of carboxylic acid groups (broad SMARTS) is 1. The largest absolute Gasteiger partial charge is 0.493 e. The molecule has 0 bridgehead atoms. The summed E-state index contributed by atoms with van der Waals surface area (Å²) in [6.07, 6.45) is 1.14. The molecule has 2 aromatic carbocycles. The molecule has 0 saturated carbocycles. The number of ether oxygens (including phenoxy) is 3. The molecule has 1 atom stereocenters. The number of aliphatic carboxylic acids is 1. The topological polar surface area (TPSA) is 114 Å². The van der Waals surface area contributed by atoms with Crippen LogP contribution in [0, 0.1) is 5.92 Å². The Kier molecular flexibility index (Phi) is 8.22. The maximum atomic E-state index is 13.7. The fourth-order valence-corrected chi connectivity index (χ4v) is 4.42. The monoisotopic (exact) mass is 484 g/mol. The second-order valence-electron chi connectivity index (χ2n) is 8.80. The van der Waals surface area contributed by atoms with Crippen molar-refractivity contribution < 1.29 is 33.7 Å². The lowest BCUT2D eigenvalue weighted by Crippen LogP contribution is -2.55. The molecule has 1 aliphatic carbocycles. The van der Waals surface area contributed by atoms with Crippen molar-refractivity contribution in [3.63, 3.8) is 0 Å². The Labute approximate surface area is 205 Å². The lowest BCUT2D eigenvalue weighted by molar-refractivity contribution is -0.147. The molecule has 9 nitrogen and oxygen atoms in total. The van der Waals surface area contributed by atoms with E-state index in [0.29, 0.717) is 30.1 Å². The zero-order chi connectivity index (χ0) is 25.7. The number of carbonyl (C=O) groups excluding carboxylic acids is 2. The van der Waals surface area contributed by atoms with Crippen LogP contribution >= 0.6 is 0 Å². The van der Waals surface area contributed by atoms with E-state index in [4.69, 9.17) is 14.2 Å². The first-order valence-electron chi connectivity index (χ1n) is 11.4. The van der Waals surface area contributed by atoms with Crippen LogP contribution in [-0.4, -0.2) is 67.7 Å². The highest BCUT2D eigenvalue weighted by atomic mass is 16.5. The van der Waals surface area contributed by atoms with E-state index in [-0.39, 0.29) is 17.5 Å². The maximum Gasteiger partial charge on any atom is 0.323 e. The summed E-state index contributed by atoms with van der Waals surface area (Å²) in [6.45, 7) is 3.17. The third kappa shape index (κ3) is 5.67. The number of nitrogens with zero attached hydrogens (tertiary/aromatic N) is 1. The van der Waals surface area contributed by atoms with Gasteiger partial charge in [-0.3, -0.25) is 14.4 Å². The number of carboxylic acids is 1. The molecule has 188 valence electrons. The van der Waals surface area contributed by atoms with Gasteiger partial charge in [0.15, 0.2) is 11.5 Å². The van der Waals surface area contributed by atoms with Gasteiger partial charge in [0.25, 0.3) is 5.91 Å². The molecule has 9 heteroatoms. The predicted molar refractivity (Wildman–Crippen MR) is 129 cm³/mol. The average molecular weight is 485 g/mol. The molecule has 0 saturated heterocycles. The van der Waals surface area contributed by atoms with E-state index in [9.17, 15) is 19.5 Å². The van der Waals surface area contributed by atoms with E-state index in [1.165, 1.54) is 38.4 Å². The second-order valence-corrected chi connectivity index (χ2v) is 8.80. The number of nitrogens with one attached hydrogen (secondary N) is 1. The van der Waals surface area contributed by atoms with Gasteiger partial charge in [-0.2, -0.15) is 0 Å². The Bertz CT molecular complexity index is 1050. The van der Waals surface area contributed by atoms with Crippen molar-refractivity contribution in [2.75, 3.05) is 27.9 Å². The van der Waals surface area contributed by atoms with Crippen molar-refractivity contribution in [2.45, 2.75) is 38.8 Å². The van der Waals surface area contributed by atoms with Gasteiger partial charge in [0, 0.05) is 11.6 Å². The Hall–Kier alpha value is -3.75. The number of carbonyl (C=O) groups is 3. The molecule has 0 unspecified atom stereocenters. The van der Waals surface area contributed by atoms with Crippen LogP contribution < -0.4 is 19.5 Å². The lowest BCUT2D eigenvalue weighted by atomic mass is 10.00. The molecule has 35 heavy (non-hydrogen) atoms. The van der Waals surface area contributed by atoms with E-state index in [0.717, 1.165) is 11.1 Å². The van der Waals surface area contributed by atoms with E-state index < -0.39 is 30.4 Å². The number of hydrogen-bond acceptors (Lipinski definition) is 6. The molecular weight excluding hydrogens is 452 g/mol. The number of methoxy groups -OCH3 is 3. The average Bonchev–Trinajstić information content (AvgIpc) is 3.27. The smallest absolute Gasteiger partial charge is 0.323 e. The van der Waals surface area contributed by atoms with E-state index in [1.807, 2.05) is 24.3 Å². The Morgan fingerprint density at radius 3 is 1.97 bits per heavy atom. The molecule has 0 spiro atoms. The first-order valence-corrected chi connectivity index (χ1v) is 11.4. The zero-order valence-corrected chi connectivity index (χ0v) is 20.7. The van der Waals surface area contributed by atoms with E-state index in [1.54, 1.807) is 13.8 Å². The molecule has 1 aliphatic rings. The number of amides is 2. The van der Waals surface area contributed by atoms with Crippen molar-refractivity contribution in [3.05, 3.63) is 53.1 Å². The first-order chi connectivity index (χ1) is 16.7. The van der Waals surface area contributed by atoms with Crippen LogP contribution in [0.3, 0.4) is 0 Å². The SMILES string of the molecule is COc1cc(C(=O)N[C@H](C(=O)N(CC(=O)O)C2Cc3ccccc3C2)C(C)C)cc(OC)c1OC. The molecule has 0 aliphatic heterocycles. The van der Waals surface area contributed by atoms with Gasteiger partial charge in [-0.1, -0.05) is 38.1 Å². The number of rotatable bonds is 10. The summed E-state index contributed by atoms with van der Waals surface area (Å²) in [7, 11) is 4.36. The number of benzene rings is 2. The minimum absolute atomic E-state index is 0.219. The van der Waals surface area contributed by atoms with Gasteiger partial charge in [0.05, 0.1) is 21.3 Å². The third-order valence-corrected chi connectivity index (χ3v) is 6.21. The van der Waals surface area contributed by atoms with Crippen LogP contribution in [0.2, 0.25) is 0 Å². The van der Waals surface area contributed by atoms with Gasteiger partial charge in [-0.25, -0.2) is 0 Å². The van der Waals surface area contributed by atoms with Gasteiger partial charge in [-0.05, 0) is 42.0 Å². The first kappa shape index (κ1) is 25.9. The van der Waals surface area contributed by atoms with Crippen molar-refractivity contribution in [2.24, 2.45) is 5.92 Å². The number of fused-ring (bicyclic) bond motifs is 1. The van der Waals surface area contributed by atoms with E-state index >= 15 is 0 Å². The van der Waals surface area contributed by atoms with E-state index in [2.05, 4.69) is 5.32 Å². The predicted octanol–water partition coefficient (Wildman–Crippen LogP) is 2.55. The van der Waals surface area contributed by atoms with Crippen molar-refractivity contribution in [3.8, 4) is 17.2 Å². The highest BCUT2D eigenvalue weighted by Gasteiger charge is 2.36. The van der Waals surface area contributed by atoms with Crippen molar-refractivity contribution >= 4 is 17.8 Å². The fourth-order valence-electron chi connectivity index (χ4n) is 4.42. The molecule has 2 aromatic rings. The molecular formula is C26H32N2O7. The van der Waals surface area contributed by atoms with Crippen LogP contribution in [0.5, 0.6) is 17.2 Å².